The van der Waals surface area contributed by atoms with Crippen LogP contribution in [0.2, 0.25) is 0 Å². The predicted molar refractivity (Wildman–Crippen MR) is 57.9 cm³/mol. The third kappa shape index (κ3) is 1.30. The van der Waals surface area contributed by atoms with Crippen LogP contribution in [0.3, 0.4) is 0 Å². The molecule has 0 amide bonds. The first-order valence-electron chi connectivity index (χ1n) is 5.12. The number of aliphatic hydroxyl groups excluding tert-OH is 1. The van der Waals surface area contributed by atoms with E-state index in [1.165, 1.54) is 6.42 Å². The van der Waals surface area contributed by atoms with Crippen LogP contribution in [0, 0.1) is 5.41 Å². The van der Waals surface area contributed by atoms with Gasteiger partial charge in [0.1, 0.15) is 5.76 Å². The van der Waals surface area contributed by atoms with E-state index >= 15 is 0 Å². The molecule has 3 N–H and O–H groups in total. The van der Waals surface area contributed by atoms with Crippen LogP contribution >= 0.6 is 0 Å². The lowest BCUT2D eigenvalue weighted by Gasteiger charge is -2.49. The lowest BCUT2D eigenvalue weighted by Crippen LogP contribution is -2.57. The van der Waals surface area contributed by atoms with Crippen LogP contribution in [-0.2, 0) is 0 Å². The summed E-state index contributed by atoms with van der Waals surface area (Å²) in [6.45, 7) is 2.09. The third-order valence-electron chi connectivity index (χ3n) is 3.59. The van der Waals surface area contributed by atoms with Crippen LogP contribution in [-0.4, -0.2) is 10.6 Å². The molecule has 76 valence electrons. The Labute approximate surface area is 84.8 Å². The van der Waals surface area contributed by atoms with Crippen LogP contribution in [0.4, 0.5) is 0 Å². The van der Waals surface area contributed by atoms with E-state index < -0.39 is 0 Å². The van der Waals surface area contributed by atoms with E-state index in [2.05, 4.69) is 13.0 Å². The molecule has 1 atom stereocenters. The second-order valence-electron chi connectivity index (χ2n) is 4.58. The largest absolute Gasteiger partial charge is 0.508 e. The van der Waals surface area contributed by atoms with Gasteiger partial charge in [0, 0.05) is 11.0 Å². The molecular weight excluding hydrogens is 174 g/mol. The summed E-state index contributed by atoms with van der Waals surface area (Å²) in [4.78, 5) is 0. The first-order chi connectivity index (χ1) is 6.56. The summed E-state index contributed by atoms with van der Waals surface area (Å²) in [5, 5.41) is 9.59. The Morgan fingerprint density at radius 3 is 2.64 bits per heavy atom. The molecule has 0 aliphatic heterocycles. The van der Waals surface area contributed by atoms with Gasteiger partial charge in [0.15, 0.2) is 0 Å². The quantitative estimate of drug-likeness (QED) is 0.668. The van der Waals surface area contributed by atoms with Crippen LogP contribution < -0.4 is 5.73 Å². The number of hydrogen-bond donors (Lipinski definition) is 2. The standard InChI is InChI=1S/C12H17NO/c1-11(12(13)7-4-8-12)6-3-2-5-10(14)9-11/h2-3,5-6,9,14H,4,7-8,13H2,1H3. The van der Waals surface area contributed by atoms with Gasteiger partial charge in [0.05, 0.1) is 0 Å². The van der Waals surface area contributed by atoms with Crippen molar-refractivity contribution in [2.24, 2.45) is 11.1 Å². The molecule has 0 saturated heterocycles. The van der Waals surface area contributed by atoms with E-state index in [4.69, 9.17) is 5.73 Å². The molecule has 14 heavy (non-hydrogen) atoms. The van der Waals surface area contributed by atoms with Crippen LogP contribution in [0.1, 0.15) is 26.2 Å². The topological polar surface area (TPSA) is 46.2 Å². The fourth-order valence-electron chi connectivity index (χ4n) is 2.22. The summed E-state index contributed by atoms with van der Waals surface area (Å²) in [7, 11) is 0. The Morgan fingerprint density at radius 1 is 1.36 bits per heavy atom. The minimum atomic E-state index is -0.209. The van der Waals surface area contributed by atoms with Gasteiger partial charge in [-0.1, -0.05) is 25.2 Å². The molecule has 0 aromatic heterocycles. The fourth-order valence-corrected chi connectivity index (χ4v) is 2.22. The van der Waals surface area contributed by atoms with Crippen LogP contribution in [0.25, 0.3) is 0 Å². The first-order valence-corrected chi connectivity index (χ1v) is 5.12. The van der Waals surface area contributed by atoms with Crippen molar-refractivity contribution in [3.8, 4) is 0 Å². The van der Waals surface area contributed by atoms with Gasteiger partial charge in [0.25, 0.3) is 0 Å². The highest BCUT2D eigenvalue weighted by Gasteiger charge is 2.46. The number of rotatable bonds is 1. The summed E-state index contributed by atoms with van der Waals surface area (Å²) in [6, 6.07) is 0. The molecule has 0 bridgehead atoms. The normalized spacial score (nSPS) is 34.6. The Balaban J connectivity index is 2.35. The smallest absolute Gasteiger partial charge is 0.112 e. The highest BCUT2D eigenvalue weighted by molar-refractivity contribution is 5.32. The number of hydrogen-bond acceptors (Lipinski definition) is 2. The summed E-state index contributed by atoms with van der Waals surface area (Å²) in [5.41, 5.74) is 5.94. The molecule has 0 radical (unpaired) electrons. The fraction of sp³-hybridized carbons (Fsp3) is 0.500. The zero-order valence-corrected chi connectivity index (χ0v) is 8.53. The van der Waals surface area contributed by atoms with Crippen LogP contribution in [0.15, 0.2) is 36.1 Å². The summed E-state index contributed by atoms with van der Waals surface area (Å²) in [6.07, 6.45) is 12.7. The molecule has 2 rings (SSSR count). The molecule has 0 aromatic carbocycles. The highest BCUT2D eigenvalue weighted by Crippen LogP contribution is 2.46. The molecular formula is C12H17NO. The van der Waals surface area contributed by atoms with E-state index in [1.807, 2.05) is 18.2 Å². The zero-order valence-electron chi connectivity index (χ0n) is 8.53. The van der Waals surface area contributed by atoms with Crippen molar-refractivity contribution in [2.45, 2.75) is 31.7 Å². The maximum atomic E-state index is 9.59. The summed E-state index contributed by atoms with van der Waals surface area (Å²) in [5.74, 6) is 0.314. The van der Waals surface area contributed by atoms with Crippen molar-refractivity contribution in [2.75, 3.05) is 0 Å². The SMILES string of the molecule is CC1(C2(N)CCC2)C=CC=CC(O)=C1. The van der Waals surface area contributed by atoms with Crippen molar-refractivity contribution >= 4 is 0 Å². The highest BCUT2D eigenvalue weighted by atomic mass is 16.3. The van der Waals surface area contributed by atoms with Crippen LogP contribution in [0.5, 0.6) is 0 Å². The summed E-state index contributed by atoms with van der Waals surface area (Å²) >= 11 is 0. The Hall–Kier alpha value is -1.02. The van der Waals surface area contributed by atoms with Crippen molar-refractivity contribution < 1.29 is 5.11 Å². The molecule has 0 aromatic rings. The van der Waals surface area contributed by atoms with E-state index in [0.29, 0.717) is 5.76 Å². The van der Waals surface area contributed by atoms with Crippen molar-refractivity contribution in [1.82, 2.24) is 0 Å². The molecule has 2 aliphatic carbocycles. The van der Waals surface area contributed by atoms with Gasteiger partial charge in [-0.15, -0.1) is 0 Å². The molecule has 0 spiro atoms. The number of aliphatic hydroxyl groups is 1. The van der Waals surface area contributed by atoms with E-state index in [9.17, 15) is 5.11 Å². The van der Waals surface area contributed by atoms with Gasteiger partial charge in [-0.05, 0) is 31.4 Å². The first kappa shape index (κ1) is 9.53. The van der Waals surface area contributed by atoms with Gasteiger partial charge in [0.2, 0.25) is 0 Å². The average Bonchev–Trinajstić information content (AvgIpc) is 2.24. The van der Waals surface area contributed by atoms with Gasteiger partial charge < -0.3 is 10.8 Å². The van der Waals surface area contributed by atoms with Gasteiger partial charge in [-0.2, -0.15) is 0 Å². The minimum Gasteiger partial charge on any atom is -0.508 e. The maximum Gasteiger partial charge on any atom is 0.112 e. The summed E-state index contributed by atoms with van der Waals surface area (Å²) < 4.78 is 0. The molecule has 1 saturated carbocycles. The van der Waals surface area contributed by atoms with Gasteiger partial charge >= 0.3 is 0 Å². The van der Waals surface area contributed by atoms with E-state index in [1.54, 1.807) is 6.08 Å². The second kappa shape index (κ2) is 2.99. The van der Waals surface area contributed by atoms with Gasteiger partial charge in [-0.25, -0.2) is 0 Å². The third-order valence-corrected chi connectivity index (χ3v) is 3.59. The maximum absolute atomic E-state index is 9.59. The van der Waals surface area contributed by atoms with Crippen molar-refractivity contribution in [1.29, 1.82) is 0 Å². The molecule has 0 heterocycles. The molecule has 2 aliphatic rings. The molecule has 2 nitrogen and oxygen atoms in total. The van der Waals surface area contributed by atoms with Crippen molar-refractivity contribution in [3.63, 3.8) is 0 Å². The monoisotopic (exact) mass is 191 g/mol. The van der Waals surface area contributed by atoms with E-state index in [-0.39, 0.29) is 11.0 Å². The van der Waals surface area contributed by atoms with Crippen molar-refractivity contribution in [3.05, 3.63) is 36.1 Å². The predicted octanol–water partition coefficient (Wildman–Crippen LogP) is 2.44. The minimum absolute atomic E-state index is 0.163. The lowest BCUT2D eigenvalue weighted by atomic mass is 9.60. The lowest BCUT2D eigenvalue weighted by molar-refractivity contribution is 0.138. The second-order valence-corrected chi connectivity index (χ2v) is 4.58. The Bertz CT molecular complexity index is 323. The number of nitrogens with two attached hydrogens (primary N) is 1. The molecule has 1 unspecified atom stereocenters. The average molecular weight is 191 g/mol. The molecule has 1 fully saturated rings. The van der Waals surface area contributed by atoms with E-state index in [0.717, 1.165) is 12.8 Å². The zero-order chi connectivity index (χ0) is 10.2. The number of allylic oxidation sites excluding steroid dienone is 3. The van der Waals surface area contributed by atoms with Gasteiger partial charge in [-0.3, -0.25) is 0 Å². The Kier molecular flexibility index (Phi) is 2.04. The molecule has 2 heteroatoms. The Morgan fingerprint density at radius 2 is 2.07 bits per heavy atom.